The predicted molar refractivity (Wildman–Crippen MR) is 77.1 cm³/mol. The minimum absolute atomic E-state index is 0.0341. The van der Waals surface area contributed by atoms with Crippen molar-refractivity contribution in [3.8, 4) is 11.5 Å². The smallest absolute Gasteiger partial charge is 0.395 e. The van der Waals surface area contributed by atoms with Gasteiger partial charge in [-0.2, -0.15) is 0 Å². The summed E-state index contributed by atoms with van der Waals surface area (Å²) in [4.78, 5) is 16.7. The van der Waals surface area contributed by atoms with Crippen LogP contribution in [0.1, 0.15) is 17.5 Å². The summed E-state index contributed by atoms with van der Waals surface area (Å²) in [6.07, 6.45) is -0.758. The fourth-order valence-corrected chi connectivity index (χ4v) is 2.83. The average molecular weight is 321 g/mol. The van der Waals surface area contributed by atoms with E-state index in [1.54, 1.807) is 12.1 Å². The van der Waals surface area contributed by atoms with Crippen LogP contribution in [0.4, 0.5) is 14.6 Å². The summed E-state index contributed by atoms with van der Waals surface area (Å²) >= 11 is 0. The maximum atomic E-state index is 13.2. The first-order valence-corrected chi connectivity index (χ1v) is 7.23. The molecule has 8 heteroatoms. The van der Waals surface area contributed by atoms with E-state index in [0.29, 0.717) is 23.4 Å². The molecule has 0 bridgehead atoms. The fourth-order valence-electron chi connectivity index (χ4n) is 2.83. The predicted octanol–water partition coefficient (Wildman–Crippen LogP) is 1.97. The Morgan fingerprint density at radius 1 is 1.35 bits per heavy atom. The van der Waals surface area contributed by atoms with Gasteiger partial charge in [0.1, 0.15) is 12.1 Å². The Morgan fingerprint density at radius 3 is 3.09 bits per heavy atom. The number of nitrogens with zero attached hydrogens (tertiary/aromatic N) is 2. The van der Waals surface area contributed by atoms with E-state index in [0.717, 1.165) is 13.0 Å². The van der Waals surface area contributed by atoms with E-state index in [4.69, 9.17) is 0 Å². The molecule has 2 aliphatic rings. The first kappa shape index (κ1) is 14.0. The molecule has 0 fully saturated rings. The summed E-state index contributed by atoms with van der Waals surface area (Å²) in [7, 11) is 0. The van der Waals surface area contributed by atoms with Crippen molar-refractivity contribution >= 4 is 5.82 Å². The van der Waals surface area contributed by atoms with Crippen molar-refractivity contribution < 1.29 is 18.3 Å². The van der Waals surface area contributed by atoms with Crippen LogP contribution in [0.25, 0.3) is 0 Å². The van der Waals surface area contributed by atoms with Crippen LogP contribution in [0.5, 0.6) is 11.5 Å². The molecule has 1 aromatic carbocycles. The number of halogens is 2. The first-order valence-electron chi connectivity index (χ1n) is 7.23. The van der Waals surface area contributed by atoms with Crippen LogP contribution in [0, 0.1) is 0 Å². The lowest BCUT2D eigenvalue weighted by Crippen LogP contribution is -2.29. The number of alkyl halides is 2. The van der Waals surface area contributed by atoms with Crippen LogP contribution in [0.15, 0.2) is 29.3 Å². The minimum Gasteiger partial charge on any atom is -0.395 e. The molecule has 0 saturated carbocycles. The van der Waals surface area contributed by atoms with E-state index in [-0.39, 0.29) is 23.6 Å². The normalized spacial score (nSPS) is 17.5. The van der Waals surface area contributed by atoms with Crippen LogP contribution < -0.4 is 20.3 Å². The number of hydrogen-bond donors (Lipinski definition) is 1. The molecule has 0 aliphatic carbocycles. The van der Waals surface area contributed by atoms with Gasteiger partial charge in [0.25, 0.3) is 5.56 Å². The second-order valence-corrected chi connectivity index (χ2v) is 5.45. The lowest BCUT2D eigenvalue weighted by molar-refractivity contribution is -0.286. The van der Waals surface area contributed by atoms with Crippen LogP contribution in [-0.4, -0.2) is 22.4 Å². The fraction of sp³-hybridized carbons (Fsp3) is 0.333. The van der Waals surface area contributed by atoms with Crippen molar-refractivity contribution in [2.75, 3.05) is 11.9 Å². The van der Waals surface area contributed by atoms with Crippen LogP contribution in [0.2, 0.25) is 0 Å². The topological polar surface area (TPSA) is 65.4 Å². The van der Waals surface area contributed by atoms with Gasteiger partial charge in [0.15, 0.2) is 11.5 Å². The Bertz CT molecular complexity index is 835. The molecular formula is C15H13F2N3O3. The Balaban J connectivity index is 1.71. The van der Waals surface area contributed by atoms with E-state index in [1.165, 1.54) is 17.0 Å². The van der Waals surface area contributed by atoms with Gasteiger partial charge in [-0.15, -0.1) is 8.78 Å². The molecule has 0 atom stereocenters. The second kappa shape index (κ2) is 4.94. The Kier molecular flexibility index (Phi) is 3.00. The molecule has 0 amide bonds. The third kappa shape index (κ3) is 2.39. The quantitative estimate of drug-likeness (QED) is 0.916. The van der Waals surface area contributed by atoms with Gasteiger partial charge in [-0.05, 0) is 18.9 Å². The summed E-state index contributed by atoms with van der Waals surface area (Å²) in [6, 6.07) is 4.60. The van der Waals surface area contributed by atoms with Gasteiger partial charge in [-0.3, -0.25) is 9.36 Å². The van der Waals surface area contributed by atoms with Gasteiger partial charge in [0.2, 0.25) is 0 Å². The van der Waals surface area contributed by atoms with E-state index in [9.17, 15) is 13.6 Å². The Morgan fingerprint density at radius 2 is 2.22 bits per heavy atom. The summed E-state index contributed by atoms with van der Waals surface area (Å²) in [6.45, 7) is 0.873. The highest BCUT2D eigenvalue weighted by Gasteiger charge is 2.44. The van der Waals surface area contributed by atoms with E-state index >= 15 is 0 Å². The Labute approximate surface area is 129 Å². The monoisotopic (exact) mass is 321 g/mol. The molecule has 0 unspecified atom stereocenters. The molecule has 1 aromatic heterocycles. The summed E-state index contributed by atoms with van der Waals surface area (Å²) in [5.74, 6) is 0.523. The number of ether oxygens (including phenoxy) is 2. The lowest BCUT2D eigenvalue weighted by atomic mass is 10.1. The number of hydrogen-bond acceptors (Lipinski definition) is 5. The summed E-state index contributed by atoms with van der Waals surface area (Å²) in [5.41, 5.74) is 0.881. The maximum Gasteiger partial charge on any atom is 0.586 e. The molecule has 1 N–H and O–H groups in total. The largest absolute Gasteiger partial charge is 0.586 e. The van der Waals surface area contributed by atoms with Crippen molar-refractivity contribution in [3.63, 3.8) is 0 Å². The Hall–Kier alpha value is -2.64. The molecule has 0 radical (unpaired) electrons. The van der Waals surface area contributed by atoms with Gasteiger partial charge in [0.05, 0.1) is 12.1 Å². The number of fused-ring (bicyclic) bond motifs is 2. The molecular weight excluding hydrogens is 308 g/mol. The third-order valence-electron chi connectivity index (χ3n) is 3.88. The van der Waals surface area contributed by atoms with Crippen LogP contribution in [-0.2, 0) is 13.0 Å². The third-order valence-corrected chi connectivity index (χ3v) is 3.88. The summed E-state index contributed by atoms with van der Waals surface area (Å²) in [5, 5.41) is 3.08. The highest BCUT2D eigenvalue weighted by molar-refractivity contribution is 5.49. The van der Waals surface area contributed by atoms with Crippen molar-refractivity contribution in [1.29, 1.82) is 0 Å². The zero-order chi connectivity index (χ0) is 16.0. The number of para-hydroxylation sites is 1. The molecule has 4 rings (SSSR count). The number of rotatable bonds is 2. The molecule has 2 aromatic rings. The van der Waals surface area contributed by atoms with Gasteiger partial charge in [-0.1, -0.05) is 12.1 Å². The standard InChI is InChI=1S/C15H13F2N3O3/c16-15(17)22-11-5-1-3-9(12(11)23-15)7-20-8-19-13-10(14(20)21)4-2-6-18-13/h1,3,5,8,18H,2,4,6-7H2. The number of benzene rings is 1. The zero-order valence-corrected chi connectivity index (χ0v) is 12.0. The van der Waals surface area contributed by atoms with Crippen molar-refractivity contribution in [1.82, 2.24) is 9.55 Å². The summed E-state index contributed by atoms with van der Waals surface area (Å²) < 4.78 is 36.8. The number of anilines is 1. The van der Waals surface area contributed by atoms with Gasteiger partial charge in [-0.25, -0.2) is 4.98 Å². The van der Waals surface area contributed by atoms with Crippen molar-refractivity contribution in [2.45, 2.75) is 25.7 Å². The van der Waals surface area contributed by atoms with Crippen LogP contribution in [0.3, 0.4) is 0 Å². The van der Waals surface area contributed by atoms with Gasteiger partial charge < -0.3 is 14.8 Å². The SMILES string of the molecule is O=c1c2c(ncn1Cc1cccc3c1OC(F)(F)O3)NCCC2. The van der Waals surface area contributed by atoms with E-state index in [1.807, 2.05) is 0 Å². The molecule has 3 heterocycles. The zero-order valence-electron chi connectivity index (χ0n) is 12.0. The van der Waals surface area contributed by atoms with Crippen molar-refractivity contribution in [3.05, 3.63) is 46.0 Å². The highest BCUT2D eigenvalue weighted by atomic mass is 19.3. The highest BCUT2D eigenvalue weighted by Crippen LogP contribution is 2.43. The van der Waals surface area contributed by atoms with E-state index in [2.05, 4.69) is 19.8 Å². The molecule has 0 saturated heterocycles. The first-order chi connectivity index (χ1) is 11.0. The number of aromatic nitrogens is 2. The minimum atomic E-state index is -3.68. The van der Waals surface area contributed by atoms with Gasteiger partial charge >= 0.3 is 6.29 Å². The molecule has 0 spiro atoms. The second-order valence-electron chi connectivity index (χ2n) is 5.45. The lowest BCUT2D eigenvalue weighted by Gasteiger charge is -2.17. The average Bonchev–Trinajstić information content (AvgIpc) is 2.85. The molecule has 2 aliphatic heterocycles. The van der Waals surface area contributed by atoms with Crippen molar-refractivity contribution in [2.24, 2.45) is 0 Å². The van der Waals surface area contributed by atoms with E-state index < -0.39 is 6.29 Å². The molecule has 120 valence electrons. The number of nitrogens with one attached hydrogen (secondary N) is 1. The molecule has 6 nitrogen and oxygen atoms in total. The molecule has 23 heavy (non-hydrogen) atoms. The van der Waals surface area contributed by atoms with Gasteiger partial charge in [0, 0.05) is 12.1 Å². The van der Waals surface area contributed by atoms with Crippen LogP contribution >= 0.6 is 0 Å². The maximum absolute atomic E-state index is 13.2.